The molecule has 0 unspecified atom stereocenters. The lowest BCUT2D eigenvalue weighted by molar-refractivity contribution is 0.581. The Bertz CT molecular complexity index is 586. The molecule has 0 amide bonds. The van der Waals surface area contributed by atoms with Gasteiger partial charge in [0.2, 0.25) is 0 Å². The first-order chi connectivity index (χ1) is 8.09. The summed E-state index contributed by atoms with van der Waals surface area (Å²) in [5, 5.41) is 0.762. The number of fused-ring (bicyclic) bond motifs is 1. The molecule has 2 nitrogen and oxygen atoms in total. The minimum atomic E-state index is 0.107. The maximum absolute atomic E-state index is 12.0. The average molecular weight is 294 g/mol. The lowest BCUT2D eigenvalue weighted by Crippen LogP contribution is -2.09. The summed E-state index contributed by atoms with van der Waals surface area (Å²) in [6.45, 7) is 4.38. The molecular formula is C14H16BrNO. The third-order valence-electron chi connectivity index (χ3n) is 2.91. The SMILES string of the molecule is CC(C)CCc1cc(=O)c2ccccc2n1Br. The number of hydrogen-bond acceptors (Lipinski definition) is 1. The molecule has 0 saturated carbocycles. The van der Waals surface area contributed by atoms with E-state index in [1.54, 1.807) is 6.07 Å². The molecule has 1 aromatic heterocycles. The molecule has 1 heterocycles. The molecule has 0 N–H and O–H groups in total. The second-order valence-electron chi connectivity index (χ2n) is 4.73. The van der Waals surface area contributed by atoms with Gasteiger partial charge in [0.15, 0.2) is 5.43 Å². The lowest BCUT2D eigenvalue weighted by atomic mass is 10.1. The third kappa shape index (κ3) is 2.60. The Hall–Kier alpha value is -1.09. The Morgan fingerprint density at radius 3 is 2.71 bits per heavy atom. The predicted octanol–water partition coefficient (Wildman–Crippen LogP) is 3.75. The van der Waals surface area contributed by atoms with Gasteiger partial charge in [-0.2, -0.15) is 0 Å². The van der Waals surface area contributed by atoms with Gasteiger partial charge in [-0.3, -0.25) is 8.39 Å². The first kappa shape index (κ1) is 12.4. The van der Waals surface area contributed by atoms with Crippen LogP contribution in [0.5, 0.6) is 0 Å². The number of aryl methyl sites for hydroxylation is 1. The summed E-state index contributed by atoms with van der Waals surface area (Å²) in [4.78, 5) is 12.0. The fraction of sp³-hybridized carbons (Fsp3) is 0.357. The van der Waals surface area contributed by atoms with Gasteiger partial charge >= 0.3 is 0 Å². The summed E-state index contributed by atoms with van der Waals surface area (Å²) in [6, 6.07) is 9.40. The smallest absolute Gasteiger partial charge is 0.189 e. The standard InChI is InChI=1S/C14H16BrNO/c1-10(2)7-8-11-9-14(17)12-5-3-4-6-13(12)16(11)15/h3-6,9-10H,7-8H2,1-2H3. The van der Waals surface area contributed by atoms with Crippen LogP contribution in [0.4, 0.5) is 0 Å². The van der Waals surface area contributed by atoms with E-state index < -0.39 is 0 Å². The van der Waals surface area contributed by atoms with Crippen molar-refractivity contribution in [3.8, 4) is 0 Å². The van der Waals surface area contributed by atoms with E-state index >= 15 is 0 Å². The Labute approximate surface area is 110 Å². The van der Waals surface area contributed by atoms with Gasteiger partial charge in [0.25, 0.3) is 0 Å². The summed E-state index contributed by atoms with van der Waals surface area (Å²) in [5.41, 5.74) is 2.09. The second kappa shape index (κ2) is 5.05. The maximum atomic E-state index is 12.0. The molecule has 90 valence electrons. The molecule has 0 aliphatic heterocycles. The van der Waals surface area contributed by atoms with Crippen LogP contribution in [0, 0.1) is 5.92 Å². The Morgan fingerprint density at radius 2 is 2.00 bits per heavy atom. The van der Waals surface area contributed by atoms with Crippen molar-refractivity contribution in [2.45, 2.75) is 26.7 Å². The molecule has 0 aliphatic carbocycles. The van der Waals surface area contributed by atoms with E-state index in [2.05, 4.69) is 30.0 Å². The molecule has 2 aromatic rings. The highest BCUT2D eigenvalue weighted by Crippen LogP contribution is 2.17. The van der Waals surface area contributed by atoms with Crippen LogP contribution in [0.25, 0.3) is 10.9 Å². The first-order valence-electron chi connectivity index (χ1n) is 5.89. The van der Waals surface area contributed by atoms with Crippen molar-refractivity contribution >= 4 is 27.1 Å². The van der Waals surface area contributed by atoms with Crippen LogP contribution < -0.4 is 5.43 Å². The van der Waals surface area contributed by atoms with Crippen molar-refractivity contribution < 1.29 is 0 Å². The molecule has 17 heavy (non-hydrogen) atoms. The highest BCUT2D eigenvalue weighted by atomic mass is 79.9. The highest BCUT2D eigenvalue weighted by molar-refractivity contribution is 9.08. The fourth-order valence-electron chi connectivity index (χ4n) is 1.90. The Kier molecular flexibility index (Phi) is 3.67. The molecule has 0 saturated heterocycles. The number of hydrogen-bond donors (Lipinski definition) is 0. The van der Waals surface area contributed by atoms with Crippen LogP contribution in [-0.4, -0.2) is 3.59 Å². The molecule has 0 radical (unpaired) electrons. The van der Waals surface area contributed by atoms with E-state index in [0.717, 1.165) is 29.4 Å². The molecular weight excluding hydrogens is 278 g/mol. The molecule has 0 spiro atoms. The minimum absolute atomic E-state index is 0.107. The fourth-order valence-corrected chi connectivity index (χ4v) is 2.49. The highest BCUT2D eigenvalue weighted by Gasteiger charge is 2.07. The number of para-hydroxylation sites is 1. The van der Waals surface area contributed by atoms with Gasteiger partial charge in [0, 0.05) is 17.1 Å². The van der Waals surface area contributed by atoms with E-state index in [9.17, 15) is 4.79 Å². The number of pyridine rings is 1. The maximum Gasteiger partial charge on any atom is 0.189 e. The lowest BCUT2D eigenvalue weighted by Gasteiger charge is -2.11. The molecule has 2 rings (SSSR count). The number of benzene rings is 1. The summed E-state index contributed by atoms with van der Waals surface area (Å²) in [5.74, 6) is 0.643. The molecule has 0 fully saturated rings. The van der Waals surface area contributed by atoms with Crippen LogP contribution in [0.2, 0.25) is 0 Å². The summed E-state index contributed by atoms with van der Waals surface area (Å²) in [6.07, 6.45) is 2.01. The summed E-state index contributed by atoms with van der Waals surface area (Å²) >= 11 is 3.54. The number of halogens is 1. The third-order valence-corrected chi connectivity index (χ3v) is 3.75. The average Bonchev–Trinajstić information content (AvgIpc) is 2.32. The van der Waals surface area contributed by atoms with Crippen molar-refractivity contribution in [1.82, 2.24) is 3.59 Å². The van der Waals surface area contributed by atoms with Gasteiger partial charge in [-0.25, -0.2) is 0 Å². The second-order valence-corrected chi connectivity index (χ2v) is 5.44. The van der Waals surface area contributed by atoms with Crippen molar-refractivity contribution in [2.75, 3.05) is 0 Å². The zero-order valence-electron chi connectivity index (χ0n) is 10.1. The van der Waals surface area contributed by atoms with Gasteiger partial charge < -0.3 is 0 Å². The number of aromatic nitrogens is 1. The van der Waals surface area contributed by atoms with Gasteiger partial charge in [0.05, 0.1) is 21.7 Å². The zero-order chi connectivity index (χ0) is 12.4. The quantitative estimate of drug-likeness (QED) is 0.845. The first-order valence-corrected chi connectivity index (χ1v) is 6.60. The molecule has 3 heteroatoms. The van der Waals surface area contributed by atoms with Gasteiger partial charge in [-0.05, 0) is 30.9 Å². The van der Waals surface area contributed by atoms with Crippen LogP contribution in [0.15, 0.2) is 35.1 Å². The van der Waals surface area contributed by atoms with E-state index in [1.807, 2.05) is 27.9 Å². The van der Waals surface area contributed by atoms with E-state index in [4.69, 9.17) is 0 Å². The normalized spacial score (nSPS) is 11.3. The minimum Gasteiger partial charge on any atom is -0.289 e. The summed E-state index contributed by atoms with van der Waals surface area (Å²) in [7, 11) is 0. The van der Waals surface area contributed by atoms with Gasteiger partial charge in [0.1, 0.15) is 0 Å². The summed E-state index contributed by atoms with van der Waals surface area (Å²) < 4.78 is 1.95. The van der Waals surface area contributed by atoms with Crippen LogP contribution in [0.1, 0.15) is 26.0 Å². The number of nitrogens with zero attached hydrogens (tertiary/aromatic N) is 1. The van der Waals surface area contributed by atoms with E-state index in [0.29, 0.717) is 5.92 Å². The topological polar surface area (TPSA) is 22.0 Å². The molecule has 1 aromatic carbocycles. The van der Waals surface area contributed by atoms with E-state index in [1.165, 1.54) is 0 Å². The zero-order valence-corrected chi connectivity index (χ0v) is 11.7. The van der Waals surface area contributed by atoms with Crippen molar-refractivity contribution in [2.24, 2.45) is 5.92 Å². The van der Waals surface area contributed by atoms with Crippen LogP contribution in [0.3, 0.4) is 0 Å². The van der Waals surface area contributed by atoms with E-state index in [-0.39, 0.29) is 5.43 Å². The largest absolute Gasteiger partial charge is 0.289 e. The van der Waals surface area contributed by atoms with Crippen molar-refractivity contribution in [1.29, 1.82) is 0 Å². The Morgan fingerprint density at radius 1 is 1.29 bits per heavy atom. The van der Waals surface area contributed by atoms with Crippen molar-refractivity contribution in [3.05, 3.63) is 46.2 Å². The Balaban J connectivity index is 2.51. The van der Waals surface area contributed by atoms with Crippen LogP contribution >= 0.6 is 16.1 Å². The number of rotatable bonds is 3. The molecule has 0 aliphatic rings. The van der Waals surface area contributed by atoms with Crippen LogP contribution in [-0.2, 0) is 6.42 Å². The predicted molar refractivity (Wildman–Crippen MR) is 75.7 cm³/mol. The van der Waals surface area contributed by atoms with Gasteiger partial charge in [-0.1, -0.05) is 26.0 Å². The van der Waals surface area contributed by atoms with Gasteiger partial charge in [-0.15, -0.1) is 0 Å². The molecule has 0 bridgehead atoms. The van der Waals surface area contributed by atoms with Crippen molar-refractivity contribution in [3.63, 3.8) is 0 Å². The molecule has 0 atom stereocenters. The monoisotopic (exact) mass is 293 g/mol.